The van der Waals surface area contributed by atoms with Gasteiger partial charge in [-0.1, -0.05) is 25.1 Å². The highest BCUT2D eigenvalue weighted by Crippen LogP contribution is 2.27. The summed E-state index contributed by atoms with van der Waals surface area (Å²) in [7, 11) is 1.71. The summed E-state index contributed by atoms with van der Waals surface area (Å²) < 4.78 is 7.17. The molecule has 20 heavy (non-hydrogen) atoms. The lowest BCUT2D eigenvalue weighted by molar-refractivity contribution is 0.414. The van der Waals surface area contributed by atoms with Gasteiger partial charge < -0.3 is 4.74 Å². The van der Waals surface area contributed by atoms with Crippen LogP contribution in [0, 0.1) is 0 Å². The van der Waals surface area contributed by atoms with Crippen molar-refractivity contribution in [1.82, 2.24) is 15.0 Å². The van der Waals surface area contributed by atoms with Gasteiger partial charge in [0, 0.05) is 12.7 Å². The van der Waals surface area contributed by atoms with E-state index in [9.17, 15) is 0 Å². The van der Waals surface area contributed by atoms with E-state index in [0.29, 0.717) is 5.92 Å². The second kappa shape index (κ2) is 6.55. The van der Waals surface area contributed by atoms with Gasteiger partial charge in [-0.3, -0.25) is 4.68 Å². The molecule has 0 spiro atoms. The van der Waals surface area contributed by atoms with Crippen LogP contribution >= 0.6 is 0 Å². The molecule has 0 fully saturated rings. The lowest BCUT2D eigenvalue weighted by atomic mass is 9.91. The fourth-order valence-corrected chi connectivity index (χ4v) is 2.51. The zero-order valence-electron chi connectivity index (χ0n) is 12.8. The van der Waals surface area contributed by atoms with Gasteiger partial charge >= 0.3 is 0 Å². The highest BCUT2D eigenvalue weighted by atomic mass is 16.5. The lowest BCUT2D eigenvalue weighted by Gasteiger charge is -2.15. The van der Waals surface area contributed by atoms with Crippen molar-refractivity contribution in [3.8, 4) is 5.75 Å². The number of nitrogens with zero attached hydrogens (tertiary/aromatic N) is 3. The van der Waals surface area contributed by atoms with Crippen molar-refractivity contribution < 1.29 is 4.74 Å². The SMILES string of the molecule is CCc1cc(OC)ccc1C(C)Cc1cn(CC)nn1. The zero-order chi connectivity index (χ0) is 14.5. The van der Waals surface area contributed by atoms with E-state index in [0.717, 1.165) is 30.8 Å². The number of methoxy groups -OCH3 is 1. The fraction of sp³-hybridized carbons (Fsp3) is 0.500. The molecule has 0 aliphatic rings. The van der Waals surface area contributed by atoms with Gasteiger partial charge in [-0.05, 0) is 48.9 Å². The Bertz CT molecular complexity index is 563. The van der Waals surface area contributed by atoms with Gasteiger partial charge in [0.15, 0.2) is 0 Å². The third-order valence-corrected chi connectivity index (χ3v) is 3.69. The van der Waals surface area contributed by atoms with E-state index in [1.807, 2.05) is 16.9 Å². The second-order valence-electron chi connectivity index (χ2n) is 5.09. The Morgan fingerprint density at radius 1 is 1.30 bits per heavy atom. The van der Waals surface area contributed by atoms with E-state index < -0.39 is 0 Å². The van der Waals surface area contributed by atoms with E-state index in [4.69, 9.17) is 4.74 Å². The summed E-state index contributed by atoms with van der Waals surface area (Å²) in [4.78, 5) is 0. The van der Waals surface area contributed by atoms with E-state index in [-0.39, 0.29) is 0 Å². The summed E-state index contributed by atoms with van der Waals surface area (Å²) in [6.45, 7) is 7.36. The largest absolute Gasteiger partial charge is 0.497 e. The predicted molar refractivity (Wildman–Crippen MR) is 80.2 cm³/mol. The number of rotatable bonds is 6. The Labute approximate surface area is 120 Å². The van der Waals surface area contributed by atoms with Gasteiger partial charge in [-0.25, -0.2) is 0 Å². The molecule has 0 N–H and O–H groups in total. The molecule has 0 saturated heterocycles. The molecule has 108 valence electrons. The molecule has 1 atom stereocenters. The Kier molecular flexibility index (Phi) is 4.77. The molecule has 0 amide bonds. The fourth-order valence-electron chi connectivity index (χ4n) is 2.51. The van der Waals surface area contributed by atoms with E-state index >= 15 is 0 Å². The number of aryl methyl sites for hydroxylation is 2. The predicted octanol–water partition coefficient (Wildman–Crippen LogP) is 3.22. The Balaban J connectivity index is 2.17. The Morgan fingerprint density at radius 3 is 2.70 bits per heavy atom. The van der Waals surface area contributed by atoms with Crippen LogP contribution in [0.1, 0.15) is 43.5 Å². The molecule has 0 saturated carbocycles. The minimum atomic E-state index is 0.429. The first-order chi connectivity index (χ1) is 9.67. The van der Waals surface area contributed by atoms with Crippen LogP contribution in [0.4, 0.5) is 0 Å². The van der Waals surface area contributed by atoms with Crippen LogP contribution < -0.4 is 4.74 Å². The Hall–Kier alpha value is -1.84. The molecule has 1 aromatic heterocycles. The highest BCUT2D eigenvalue weighted by Gasteiger charge is 2.13. The Morgan fingerprint density at radius 2 is 2.10 bits per heavy atom. The van der Waals surface area contributed by atoms with Crippen molar-refractivity contribution in [3.05, 3.63) is 41.2 Å². The number of ether oxygens (including phenoxy) is 1. The molecule has 1 aromatic carbocycles. The molecule has 0 aliphatic carbocycles. The zero-order valence-corrected chi connectivity index (χ0v) is 12.8. The third-order valence-electron chi connectivity index (χ3n) is 3.69. The summed E-state index contributed by atoms with van der Waals surface area (Å²) in [5, 5.41) is 8.33. The average Bonchev–Trinajstić information content (AvgIpc) is 2.94. The normalized spacial score (nSPS) is 12.4. The lowest BCUT2D eigenvalue weighted by Crippen LogP contribution is -2.03. The van der Waals surface area contributed by atoms with Gasteiger partial charge in [0.05, 0.1) is 12.8 Å². The monoisotopic (exact) mass is 273 g/mol. The van der Waals surface area contributed by atoms with Gasteiger partial charge in [-0.15, -0.1) is 5.10 Å². The summed E-state index contributed by atoms with van der Waals surface area (Å²) in [6, 6.07) is 6.34. The van der Waals surface area contributed by atoms with Crippen molar-refractivity contribution >= 4 is 0 Å². The summed E-state index contributed by atoms with van der Waals surface area (Å²) in [6.07, 6.45) is 3.96. The number of benzene rings is 1. The van der Waals surface area contributed by atoms with Crippen LogP contribution in [-0.4, -0.2) is 22.1 Å². The van der Waals surface area contributed by atoms with Crippen molar-refractivity contribution in [2.45, 2.75) is 46.1 Å². The van der Waals surface area contributed by atoms with Gasteiger partial charge in [0.1, 0.15) is 5.75 Å². The van der Waals surface area contributed by atoms with Crippen LogP contribution in [0.25, 0.3) is 0 Å². The molecular formula is C16H23N3O. The molecule has 4 heteroatoms. The number of hydrogen-bond donors (Lipinski definition) is 0. The maximum Gasteiger partial charge on any atom is 0.119 e. The molecular weight excluding hydrogens is 250 g/mol. The van der Waals surface area contributed by atoms with E-state index in [1.165, 1.54) is 11.1 Å². The average molecular weight is 273 g/mol. The van der Waals surface area contributed by atoms with Crippen LogP contribution in [0.2, 0.25) is 0 Å². The van der Waals surface area contributed by atoms with Crippen LogP contribution in [0.3, 0.4) is 0 Å². The standard InChI is InChI=1S/C16H23N3O/c1-5-13-10-15(20-4)7-8-16(13)12(3)9-14-11-19(6-2)18-17-14/h7-8,10-12H,5-6,9H2,1-4H3. The van der Waals surface area contributed by atoms with Crippen LogP contribution in [0.5, 0.6) is 5.75 Å². The number of hydrogen-bond acceptors (Lipinski definition) is 3. The first kappa shape index (κ1) is 14.6. The van der Waals surface area contributed by atoms with Gasteiger partial charge in [0.2, 0.25) is 0 Å². The quantitative estimate of drug-likeness (QED) is 0.811. The first-order valence-electron chi connectivity index (χ1n) is 7.23. The van der Waals surface area contributed by atoms with Crippen molar-refractivity contribution in [2.75, 3.05) is 7.11 Å². The van der Waals surface area contributed by atoms with E-state index in [2.05, 4.69) is 43.2 Å². The smallest absolute Gasteiger partial charge is 0.119 e. The summed E-state index contributed by atoms with van der Waals surface area (Å²) in [5.41, 5.74) is 3.77. The first-order valence-corrected chi connectivity index (χ1v) is 7.23. The maximum atomic E-state index is 5.30. The molecule has 0 aliphatic heterocycles. The van der Waals surface area contributed by atoms with Crippen molar-refractivity contribution in [3.63, 3.8) is 0 Å². The van der Waals surface area contributed by atoms with Gasteiger partial charge in [0.25, 0.3) is 0 Å². The maximum absolute atomic E-state index is 5.30. The topological polar surface area (TPSA) is 39.9 Å². The van der Waals surface area contributed by atoms with Crippen molar-refractivity contribution in [1.29, 1.82) is 0 Å². The minimum Gasteiger partial charge on any atom is -0.497 e. The molecule has 0 bridgehead atoms. The second-order valence-corrected chi connectivity index (χ2v) is 5.09. The molecule has 2 rings (SSSR count). The molecule has 2 aromatic rings. The number of aromatic nitrogens is 3. The van der Waals surface area contributed by atoms with Crippen LogP contribution in [0.15, 0.2) is 24.4 Å². The molecule has 4 nitrogen and oxygen atoms in total. The van der Waals surface area contributed by atoms with E-state index in [1.54, 1.807) is 7.11 Å². The molecule has 0 radical (unpaired) electrons. The van der Waals surface area contributed by atoms with Crippen molar-refractivity contribution in [2.24, 2.45) is 0 Å². The molecule has 1 unspecified atom stereocenters. The molecule has 1 heterocycles. The van der Waals surface area contributed by atoms with Gasteiger partial charge in [-0.2, -0.15) is 0 Å². The summed E-state index contributed by atoms with van der Waals surface area (Å²) in [5.74, 6) is 1.35. The van der Waals surface area contributed by atoms with Crippen LogP contribution in [-0.2, 0) is 19.4 Å². The highest BCUT2D eigenvalue weighted by molar-refractivity contribution is 5.38. The third kappa shape index (κ3) is 3.18. The summed E-state index contributed by atoms with van der Waals surface area (Å²) >= 11 is 0. The minimum absolute atomic E-state index is 0.429.